The largest absolute Gasteiger partial charge is 0.314 e. The summed E-state index contributed by atoms with van der Waals surface area (Å²) in [5.41, 5.74) is 0.723. The monoisotopic (exact) mass is 267 g/mol. The molecule has 0 aromatic heterocycles. The molecule has 0 amide bonds. The highest BCUT2D eigenvalue weighted by molar-refractivity contribution is 5.18. The van der Waals surface area contributed by atoms with E-state index in [1.54, 1.807) is 0 Å². The van der Waals surface area contributed by atoms with Gasteiger partial charge in [0.05, 0.1) is 0 Å². The Morgan fingerprint density at radius 2 is 1.74 bits per heavy atom. The van der Waals surface area contributed by atoms with Gasteiger partial charge in [-0.05, 0) is 56.3 Å². The number of hydrogen-bond acceptors (Lipinski definition) is 1. The summed E-state index contributed by atoms with van der Waals surface area (Å²) in [5, 5.41) is 3.49. The molecule has 1 aliphatic rings. The van der Waals surface area contributed by atoms with E-state index in [1.165, 1.54) is 44.2 Å². The SMILES string of the molecule is CC(NCCc1cc(F)cc(F)c1)C1CCCCC1. The lowest BCUT2D eigenvalue weighted by molar-refractivity contribution is 0.282. The van der Waals surface area contributed by atoms with E-state index in [-0.39, 0.29) is 0 Å². The second-order valence-electron chi connectivity index (χ2n) is 5.67. The Morgan fingerprint density at radius 3 is 2.37 bits per heavy atom. The zero-order chi connectivity index (χ0) is 13.7. The molecule has 106 valence electrons. The van der Waals surface area contributed by atoms with E-state index in [0.717, 1.165) is 24.1 Å². The zero-order valence-electron chi connectivity index (χ0n) is 11.6. The zero-order valence-corrected chi connectivity index (χ0v) is 11.6. The summed E-state index contributed by atoms with van der Waals surface area (Å²) in [6.45, 7) is 3.00. The topological polar surface area (TPSA) is 12.0 Å². The lowest BCUT2D eigenvalue weighted by Gasteiger charge is -2.28. The van der Waals surface area contributed by atoms with Gasteiger partial charge in [-0.2, -0.15) is 0 Å². The molecule has 1 aromatic rings. The fourth-order valence-electron chi connectivity index (χ4n) is 3.00. The van der Waals surface area contributed by atoms with Crippen LogP contribution < -0.4 is 5.32 Å². The Balaban J connectivity index is 1.76. The molecule has 0 radical (unpaired) electrons. The lowest BCUT2D eigenvalue weighted by Crippen LogP contribution is -2.35. The molecule has 1 aliphatic carbocycles. The van der Waals surface area contributed by atoms with Gasteiger partial charge in [-0.15, -0.1) is 0 Å². The van der Waals surface area contributed by atoms with Crippen LogP contribution in [0.3, 0.4) is 0 Å². The van der Waals surface area contributed by atoms with Crippen LogP contribution in [0.2, 0.25) is 0 Å². The first kappa shape index (κ1) is 14.4. The quantitative estimate of drug-likeness (QED) is 0.848. The highest BCUT2D eigenvalue weighted by atomic mass is 19.1. The van der Waals surface area contributed by atoms with Crippen molar-refractivity contribution in [2.45, 2.75) is 51.5 Å². The van der Waals surface area contributed by atoms with Gasteiger partial charge in [0.15, 0.2) is 0 Å². The van der Waals surface area contributed by atoms with Crippen molar-refractivity contribution in [1.82, 2.24) is 5.32 Å². The maximum atomic E-state index is 13.0. The van der Waals surface area contributed by atoms with Crippen LogP contribution in [0.25, 0.3) is 0 Å². The summed E-state index contributed by atoms with van der Waals surface area (Å²) in [4.78, 5) is 0. The normalized spacial score (nSPS) is 18.5. The van der Waals surface area contributed by atoms with Gasteiger partial charge in [0.2, 0.25) is 0 Å². The average molecular weight is 267 g/mol. The van der Waals surface area contributed by atoms with Crippen molar-refractivity contribution in [1.29, 1.82) is 0 Å². The van der Waals surface area contributed by atoms with E-state index in [9.17, 15) is 8.78 Å². The molecule has 19 heavy (non-hydrogen) atoms. The van der Waals surface area contributed by atoms with Crippen LogP contribution in [0.15, 0.2) is 18.2 Å². The van der Waals surface area contributed by atoms with Crippen molar-refractivity contribution < 1.29 is 8.78 Å². The van der Waals surface area contributed by atoms with E-state index < -0.39 is 11.6 Å². The first-order valence-corrected chi connectivity index (χ1v) is 7.33. The molecule has 1 atom stereocenters. The summed E-state index contributed by atoms with van der Waals surface area (Å²) in [7, 11) is 0. The lowest BCUT2D eigenvalue weighted by atomic mass is 9.84. The first-order chi connectivity index (χ1) is 9.15. The van der Waals surface area contributed by atoms with Crippen LogP contribution in [0.5, 0.6) is 0 Å². The van der Waals surface area contributed by atoms with Crippen LogP contribution in [-0.4, -0.2) is 12.6 Å². The van der Waals surface area contributed by atoms with Crippen molar-refractivity contribution in [2.75, 3.05) is 6.54 Å². The molecule has 1 N–H and O–H groups in total. The summed E-state index contributed by atoms with van der Waals surface area (Å²) in [6, 6.07) is 4.24. The fraction of sp³-hybridized carbons (Fsp3) is 0.625. The van der Waals surface area contributed by atoms with Gasteiger partial charge in [0.25, 0.3) is 0 Å². The van der Waals surface area contributed by atoms with Crippen LogP contribution in [0, 0.1) is 17.6 Å². The van der Waals surface area contributed by atoms with Crippen molar-refractivity contribution in [3.8, 4) is 0 Å². The second-order valence-corrected chi connectivity index (χ2v) is 5.67. The molecular formula is C16H23F2N. The van der Waals surface area contributed by atoms with Crippen LogP contribution in [0.1, 0.15) is 44.6 Å². The maximum absolute atomic E-state index is 13.0. The summed E-state index contributed by atoms with van der Waals surface area (Å²) in [5.74, 6) is -0.219. The molecule has 0 heterocycles. The molecule has 1 saturated carbocycles. The minimum Gasteiger partial charge on any atom is -0.314 e. The predicted molar refractivity (Wildman–Crippen MR) is 74.1 cm³/mol. The van der Waals surface area contributed by atoms with Crippen molar-refractivity contribution in [2.24, 2.45) is 5.92 Å². The van der Waals surface area contributed by atoms with Gasteiger partial charge in [-0.25, -0.2) is 8.78 Å². The van der Waals surface area contributed by atoms with Gasteiger partial charge >= 0.3 is 0 Å². The third-order valence-corrected chi connectivity index (χ3v) is 4.16. The smallest absolute Gasteiger partial charge is 0.126 e. The van der Waals surface area contributed by atoms with E-state index in [0.29, 0.717) is 12.5 Å². The molecule has 2 rings (SSSR count). The maximum Gasteiger partial charge on any atom is 0.126 e. The third kappa shape index (κ3) is 4.57. The third-order valence-electron chi connectivity index (χ3n) is 4.16. The number of benzene rings is 1. The second kappa shape index (κ2) is 6.99. The van der Waals surface area contributed by atoms with Gasteiger partial charge in [0.1, 0.15) is 11.6 Å². The predicted octanol–water partition coefficient (Wildman–Crippen LogP) is 4.07. The number of halogens is 2. The summed E-state index contributed by atoms with van der Waals surface area (Å²) in [6.07, 6.45) is 7.33. The fourth-order valence-corrected chi connectivity index (χ4v) is 3.00. The highest BCUT2D eigenvalue weighted by Gasteiger charge is 2.19. The van der Waals surface area contributed by atoms with Gasteiger partial charge < -0.3 is 5.32 Å². The molecule has 0 bridgehead atoms. The van der Waals surface area contributed by atoms with Gasteiger partial charge in [0, 0.05) is 12.1 Å². The summed E-state index contributed by atoms with van der Waals surface area (Å²) < 4.78 is 26.1. The molecule has 1 fully saturated rings. The Bertz CT molecular complexity index is 379. The Hall–Kier alpha value is -0.960. The number of rotatable bonds is 5. The molecule has 3 heteroatoms. The Labute approximate surface area is 114 Å². The van der Waals surface area contributed by atoms with E-state index >= 15 is 0 Å². The average Bonchev–Trinajstić information content (AvgIpc) is 2.38. The highest BCUT2D eigenvalue weighted by Crippen LogP contribution is 2.26. The van der Waals surface area contributed by atoms with Crippen molar-refractivity contribution >= 4 is 0 Å². The molecule has 1 unspecified atom stereocenters. The number of nitrogens with one attached hydrogen (secondary N) is 1. The van der Waals surface area contributed by atoms with Crippen molar-refractivity contribution in [3.63, 3.8) is 0 Å². The molecule has 0 spiro atoms. The standard InChI is InChI=1S/C16H23F2N/c1-12(14-5-3-2-4-6-14)19-8-7-13-9-15(17)11-16(18)10-13/h9-12,14,19H,2-8H2,1H3. The van der Waals surface area contributed by atoms with Crippen LogP contribution in [0.4, 0.5) is 8.78 Å². The summed E-state index contributed by atoms with van der Waals surface area (Å²) >= 11 is 0. The first-order valence-electron chi connectivity index (χ1n) is 7.33. The van der Waals surface area contributed by atoms with Gasteiger partial charge in [-0.3, -0.25) is 0 Å². The number of hydrogen-bond donors (Lipinski definition) is 1. The van der Waals surface area contributed by atoms with Crippen LogP contribution >= 0.6 is 0 Å². The minimum absolute atomic E-state index is 0.490. The van der Waals surface area contributed by atoms with Crippen LogP contribution in [-0.2, 0) is 6.42 Å². The molecule has 0 aliphatic heterocycles. The van der Waals surface area contributed by atoms with E-state index in [4.69, 9.17) is 0 Å². The molecule has 0 saturated heterocycles. The van der Waals surface area contributed by atoms with E-state index in [2.05, 4.69) is 12.2 Å². The van der Waals surface area contributed by atoms with Crippen molar-refractivity contribution in [3.05, 3.63) is 35.4 Å². The molecular weight excluding hydrogens is 244 g/mol. The Kier molecular flexibility index (Phi) is 5.32. The molecule has 1 nitrogen and oxygen atoms in total. The van der Waals surface area contributed by atoms with Gasteiger partial charge in [-0.1, -0.05) is 19.3 Å². The molecule has 1 aromatic carbocycles. The Morgan fingerprint density at radius 1 is 1.11 bits per heavy atom. The minimum atomic E-state index is -0.490. The van der Waals surface area contributed by atoms with E-state index in [1.807, 2.05) is 0 Å².